The fraction of sp³-hybridized carbons (Fsp3) is 0.0270. The zero-order chi connectivity index (χ0) is 53.0. The standard InChI is InChI=1S/C74H48N2O2S2/c1-45-39-47(27-33-63(45)75(51-31-37-73-61(43-51)57-19-7-13-25-71(57)79-73)65-21-9-3-15-53(65)49-29-35-69-59(41-49)55-17-5-11-23-67(55)77-69)48-28-34-64(46(2)40-48)76(52-32-38-74-62(44-52)58-20-8-14-26-72(58)80-74)66-22-10-4-16-54(66)50-30-36-70-60(42-50)56-18-6-12-24-68(56)78-70/h3-44H,1-2H3. The molecule has 80 heavy (non-hydrogen) atoms. The van der Waals surface area contributed by atoms with Crippen LogP contribution in [0.5, 0.6) is 0 Å². The second-order valence-corrected chi connectivity index (χ2v) is 23.1. The molecule has 4 aromatic heterocycles. The van der Waals surface area contributed by atoms with Gasteiger partial charge in [-0.15, -0.1) is 22.7 Å². The van der Waals surface area contributed by atoms with Gasteiger partial charge in [-0.2, -0.15) is 0 Å². The molecule has 4 nitrogen and oxygen atoms in total. The Kier molecular flexibility index (Phi) is 10.7. The molecule has 0 atom stereocenters. The first-order valence-electron chi connectivity index (χ1n) is 27.1. The third kappa shape index (κ3) is 7.55. The third-order valence-electron chi connectivity index (χ3n) is 16.1. The number of furan rings is 2. The number of thiophene rings is 2. The summed E-state index contributed by atoms with van der Waals surface area (Å²) < 4.78 is 17.8. The summed E-state index contributed by atoms with van der Waals surface area (Å²) in [6, 6.07) is 92.9. The molecule has 0 aliphatic carbocycles. The normalized spacial score (nSPS) is 11.9. The lowest BCUT2D eigenvalue weighted by Crippen LogP contribution is -2.13. The highest BCUT2D eigenvalue weighted by atomic mass is 32.1. The third-order valence-corrected chi connectivity index (χ3v) is 18.4. The maximum atomic E-state index is 6.31. The molecule has 0 aliphatic heterocycles. The number of fused-ring (bicyclic) bond motifs is 12. The van der Waals surface area contributed by atoms with Gasteiger partial charge in [0.15, 0.2) is 0 Å². The van der Waals surface area contributed by atoms with E-state index >= 15 is 0 Å². The van der Waals surface area contributed by atoms with Gasteiger partial charge < -0.3 is 18.6 Å². The summed E-state index contributed by atoms with van der Waals surface area (Å²) in [4.78, 5) is 4.92. The quantitative estimate of drug-likeness (QED) is 0.144. The maximum absolute atomic E-state index is 6.31. The molecular weight excluding hydrogens is 1010 g/mol. The van der Waals surface area contributed by atoms with Gasteiger partial charge in [0.2, 0.25) is 0 Å². The molecule has 16 rings (SSSR count). The van der Waals surface area contributed by atoms with Crippen LogP contribution in [0, 0.1) is 13.8 Å². The van der Waals surface area contributed by atoms with Crippen LogP contribution in [0.15, 0.2) is 264 Å². The number of nitrogens with zero attached hydrogens (tertiary/aromatic N) is 2. The molecule has 0 bridgehead atoms. The van der Waals surface area contributed by atoms with Crippen LogP contribution >= 0.6 is 22.7 Å². The highest BCUT2D eigenvalue weighted by Gasteiger charge is 2.24. The van der Waals surface area contributed by atoms with Crippen LogP contribution in [0.1, 0.15) is 11.1 Å². The minimum absolute atomic E-state index is 0.886. The topological polar surface area (TPSA) is 32.8 Å². The van der Waals surface area contributed by atoms with E-state index in [4.69, 9.17) is 8.83 Å². The largest absolute Gasteiger partial charge is 0.456 e. The SMILES string of the molecule is Cc1cc(-c2ccc(N(c3ccc4sc5ccccc5c4c3)c3ccccc3-c3ccc4oc5ccccc5c4c3)c(C)c2)ccc1N(c1ccc2sc3ccccc3c2c1)c1ccccc1-c1ccc2oc3ccccc3c2c1. The van der Waals surface area contributed by atoms with Crippen LogP contribution in [-0.2, 0) is 0 Å². The van der Waals surface area contributed by atoms with Gasteiger partial charge in [0.25, 0.3) is 0 Å². The fourth-order valence-electron chi connectivity index (χ4n) is 12.3. The summed E-state index contributed by atoms with van der Waals surface area (Å²) in [7, 11) is 0. The highest BCUT2D eigenvalue weighted by Crippen LogP contribution is 2.49. The average Bonchev–Trinajstić information content (AvgIpc) is 4.32. The number of aryl methyl sites for hydroxylation is 2. The van der Waals surface area contributed by atoms with Crippen molar-refractivity contribution >= 4 is 141 Å². The smallest absolute Gasteiger partial charge is 0.135 e. The molecule has 0 radical (unpaired) electrons. The summed E-state index contributed by atoms with van der Waals surface area (Å²) >= 11 is 3.70. The van der Waals surface area contributed by atoms with Crippen molar-refractivity contribution in [2.75, 3.05) is 9.80 Å². The molecule has 12 aromatic carbocycles. The van der Waals surface area contributed by atoms with Gasteiger partial charge in [0.05, 0.1) is 11.4 Å². The van der Waals surface area contributed by atoms with E-state index in [2.05, 4.69) is 254 Å². The van der Waals surface area contributed by atoms with E-state index < -0.39 is 0 Å². The zero-order valence-corrected chi connectivity index (χ0v) is 45.4. The van der Waals surface area contributed by atoms with Crippen molar-refractivity contribution < 1.29 is 8.83 Å². The van der Waals surface area contributed by atoms with E-state index in [0.29, 0.717) is 0 Å². The lowest BCUT2D eigenvalue weighted by atomic mass is 9.96. The Bertz CT molecular complexity index is 4830. The number of rotatable bonds is 9. The van der Waals surface area contributed by atoms with Gasteiger partial charge in [0, 0.05) is 95.8 Å². The van der Waals surface area contributed by atoms with E-state index in [1.165, 1.54) is 51.5 Å². The molecule has 0 fully saturated rings. The van der Waals surface area contributed by atoms with Crippen LogP contribution in [0.25, 0.3) is 118 Å². The predicted molar refractivity (Wildman–Crippen MR) is 342 cm³/mol. The van der Waals surface area contributed by atoms with Crippen LogP contribution in [0.2, 0.25) is 0 Å². The lowest BCUT2D eigenvalue weighted by molar-refractivity contribution is 0.668. The Hall–Kier alpha value is -9.72. The van der Waals surface area contributed by atoms with Gasteiger partial charge in [0.1, 0.15) is 22.3 Å². The van der Waals surface area contributed by atoms with Gasteiger partial charge in [-0.3, -0.25) is 0 Å². The molecule has 0 spiro atoms. The zero-order valence-electron chi connectivity index (χ0n) is 43.8. The second-order valence-electron chi connectivity index (χ2n) is 20.9. The molecule has 16 aromatic rings. The van der Waals surface area contributed by atoms with Crippen LogP contribution in [0.4, 0.5) is 34.1 Å². The van der Waals surface area contributed by atoms with E-state index in [1.807, 2.05) is 46.9 Å². The van der Waals surface area contributed by atoms with Crippen molar-refractivity contribution in [3.05, 3.63) is 266 Å². The Balaban J connectivity index is 0.827. The van der Waals surface area contributed by atoms with Crippen molar-refractivity contribution in [1.82, 2.24) is 0 Å². The van der Waals surface area contributed by atoms with Gasteiger partial charge in [-0.1, -0.05) is 133 Å². The first-order chi connectivity index (χ1) is 39.5. The Morgan fingerprint density at radius 1 is 0.263 bits per heavy atom. The molecule has 0 saturated carbocycles. The first kappa shape index (κ1) is 46.4. The predicted octanol–water partition coefficient (Wildman–Crippen LogP) is 22.8. The number of benzene rings is 12. The van der Waals surface area contributed by atoms with Crippen LogP contribution in [-0.4, -0.2) is 0 Å². The maximum Gasteiger partial charge on any atom is 0.135 e. The molecule has 0 amide bonds. The lowest BCUT2D eigenvalue weighted by Gasteiger charge is -2.30. The summed E-state index contributed by atoms with van der Waals surface area (Å²) in [5.74, 6) is 0. The van der Waals surface area contributed by atoms with E-state index in [-0.39, 0.29) is 0 Å². The number of hydrogen-bond acceptors (Lipinski definition) is 6. The molecule has 0 N–H and O–H groups in total. The Morgan fingerprint density at radius 2 is 0.637 bits per heavy atom. The summed E-state index contributed by atoms with van der Waals surface area (Å²) in [5.41, 5.74) is 19.4. The minimum atomic E-state index is 0.886. The number of para-hydroxylation sites is 4. The molecular formula is C74H48N2O2S2. The monoisotopic (exact) mass is 1060 g/mol. The van der Waals surface area contributed by atoms with Crippen LogP contribution in [0.3, 0.4) is 0 Å². The van der Waals surface area contributed by atoms with Crippen molar-refractivity contribution in [3.63, 3.8) is 0 Å². The molecule has 0 aliphatic rings. The summed E-state index contributed by atoms with van der Waals surface area (Å²) in [5, 5.41) is 9.52. The van der Waals surface area contributed by atoms with E-state index in [0.717, 1.165) is 111 Å². The molecule has 0 unspecified atom stereocenters. The van der Waals surface area contributed by atoms with Gasteiger partial charge >= 0.3 is 0 Å². The minimum Gasteiger partial charge on any atom is -0.456 e. The average molecular weight is 1060 g/mol. The molecule has 6 heteroatoms. The van der Waals surface area contributed by atoms with Crippen LogP contribution < -0.4 is 9.80 Å². The number of anilines is 6. The number of hydrogen-bond donors (Lipinski definition) is 0. The van der Waals surface area contributed by atoms with E-state index in [9.17, 15) is 0 Å². The highest BCUT2D eigenvalue weighted by molar-refractivity contribution is 7.26. The van der Waals surface area contributed by atoms with Crippen molar-refractivity contribution in [2.24, 2.45) is 0 Å². The Labute approximate surface area is 469 Å². The summed E-state index contributed by atoms with van der Waals surface area (Å²) in [6.45, 7) is 4.51. The molecule has 0 saturated heterocycles. The van der Waals surface area contributed by atoms with Crippen molar-refractivity contribution in [3.8, 4) is 33.4 Å². The van der Waals surface area contributed by atoms with Gasteiger partial charge in [-0.25, -0.2) is 0 Å². The molecule has 4 heterocycles. The van der Waals surface area contributed by atoms with Gasteiger partial charge in [-0.05, 0) is 169 Å². The van der Waals surface area contributed by atoms with Crippen molar-refractivity contribution in [1.29, 1.82) is 0 Å². The Morgan fingerprint density at radius 3 is 1.10 bits per heavy atom. The van der Waals surface area contributed by atoms with Crippen molar-refractivity contribution in [2.45, 2.75) is 13.8 Å². The second kappa shape index (κ2) is 18.5. The fourth-order valence-corrected chi connectivity index (χ4v) is 14.5. The van der Waals surface area contributed by atoms with E-state index in [1.54, 1.807) is 0 Å². The molecule has 378 valence electrons. The first-order valence-corrected chi connectivity index (χ1v) is 28.7. The summed E-state index contributed by atoms with van der Waals surface area (Å²) in [6.07, 6.45) is 0.